The minimum absolute atomic E-state index is 0.157. The van der Waals surface area contributed by atoms with E-state index in [1.165, 1.54) is 0 Å². The lowest BCUT2D eigenvalue weighted by Gasteiger charge is -2.29. The van der Waals surface area contributed by atoms with Gasteiger partial charge in [-0.25, -0.2) is 9.59 Å². The van der Waals surface area contributed by atoms with Gasteiger partial charge in [-0.05, 0) is 0 Å². The van der Waals surface area contributed by atoms with E-state index in [4.69, 9.17) is 9.47 Å². The van der Waals surface area contributed by atoms with E-state index in [1.54, 1.807) is 60.7 Å². The monoisotopic (exact) mass is 438 g/mol. The van der Waals surface area contributed by atoms with Gasteiger partial charge < -0.3 is 19.7 Å². The molecule has 0 aliphatic carbocycles. The maximum Gasteiger partial charge on any atom is 0.332 e. The van der Waals surface area contributed by atoms with Crippen molar-refractivity contribution < 1.29 is 34.1 Å². The number of ketones is 1. The number of benzene rings is 2. The Bertz CT molecular complexity index is 877. The van der Waals surface area contributed by atoms with Crippen LogP contribution in [0.15, 0.2) is 86.0 Å². The quantitative estimate of drug-likeness (QED) is 0.297. The van der Waals surface area contributed by atoms with E-state index in [2.05, 4.69) is 13.2 Å². The SMILES string of the molecule is C=CC(=O)OC(O)(CCC(=O)CCC(O)(OC(=O)C=C)c1ccccc1)c1ccccc1. The summed E-state index contributed by atoms with van der Waals surface area (Å²) in [5, 5.41) is 21.8. The molecule has 0 saturated heterocycles. The maximum absolute atomic E-state index is 12.6. The average Bonchev–Trinajstić information content (AvgIpc) is 2.82. The average molecular weight is 438 g/mol. The van der Waals surface area contributed by atoms with Gasteiger partial charge in [0.25, 0.3) is 0 Å². The van der Waals surface area contributed by atoms with Crippen LogP contribution in [0.3, 0.4) is 0 Å². The fourth-order valence-electron chi connectivity index (χ4n) is 3.06. The summed E-state index contributed by atoms with van der Waals surface area (Å²) in [6, 6.07) is 16.4. The summed E-state index contributed by atoms with van der Waals surface area (Å²) in [5.41, 5.74) is 0.618. The van der Waals surface area contributed by atoms with Crippen LogP contribution in [0, 0.1) is 0 Å². The van der Waals surface area contributed by atoms with Gasteiger partial charge in [-0.2, -0.15) is 0 Å². The van der Waals surface area contributed by atoms with Gasteiger partial charge in [0.05, 0.1) is 0 Å². The molecule has 0 fully saturated rings. The van der Waals surface area contributed by atoms with Crippen LogP contribution in [0.1, 0.15) is 36.8 Å². The standard InChI is InChI=1S/C25H26O7/c1-3-22(27)31-24(29,19-11-7-5-8-12-19)17-15-21(26)16-18-25(30,32-23(28)4-2)20-13-9-6-10-14-20/h3-14,29-30H,1-2,15-18H2. The second-order valence-corrected chi connectivity index (χ2v) is 7.09. The predicted octanol–water partition coefficient (Wildman–Crippen LogP) is 3.26. The molecule has 0 amide bonds. The Morgan fingerprint density at radius 3 is 1.38 bits per heavy atom. The zero-order valence-electron chi connectivity index (χ0n) is 17.6. The molecule has 0 aromatic heterocycles. The smallest absolute Gasteiger partial charge is 0.332 e. The van der Waals surface area contributed by atoms with Crippen molar-refractivity contribution in [2.75, 3.05) is 0 Å². The molecule has 0 bridgehead atoms. The van der Waals surface area contributed by atoms with Crippen molar-refractivity contribution >= 4 is 17.7 Å². The molecule has 0 spiro atoms. The summed E-state index contributed by atoms with van der Waals surface area (Å²) in [7, 11) is 0. The largest absolute Gasteiger partial charge is 0.426 e. The lowest BCUT2D eigenvalue weighted by molar-refractivity contribution is -0.215. The molecule has 2 N–H and O–H groups in total. The van der Waals surface area contributed by atoms with Crippen molar-refractivity contribution in [3.05, 3.63) is 97.1 Å². The first-order chi connectivity index (χ1) is 15.2. The summed E-state index contributed by atoms with van der Waals surface area (Å²) in [4.78, 5) is 36.0. The number of esters is 2. The Kier molecular flexibility index (Phi) is 8.63. The topological polar surface area (TPSA) is 110 Å². The Morgan fingerprint density at radius 2 is 1.06 bits per heavy atom. The van der Waals surface area contributed by atoms with Gasteiger partial charge in [0.2, 0.25) is 11.6 Å². The van der Waals surface area contributed by atoms with Crippen LogP contribution >= 0.6 is 0 Å². The molecule has 0 aliphatic heterocycles. The molecule has 2 aromatic carbocycles. The molecule has 2 atom stereocenters. The Morgan fingerprint density at radius 1 is 0.719 bits per heavy atom. The highest BCUT2D eigenvalue weighted by Crippen LogP contribution is 2.31. The number of carbonyl (C=O) groups excluding carboxylic acids is 3. The van der Waals surface area contributed by atoms with Crippen molar-refractivity contribution in [2.45, 2.75) is 37.3 Å². The first-order valence-electron chi connectivity index (χ1n) is 10.0. The molecule has 0 radical (unpaired) electrons. The molecule has 32 heavy (non-hydrogen) atoms. The maximum atomic E-state index is 12.6. The van der Waals surface area contributed by atoms with Gasteiger partial charge in [0.15, 0.2) is 0 Å². The molecule has 168 valence electrons. The third-order valence-electron chi connectivity index (χ3n) is 4.81. The summed E-state index contributed by atoms with van der Waals surface area (Å²) in [6.07, 6.45) is 1.12. The molecule has 0 saturated carbocycles. The van der Waals surface area contributed by atoms with Crippen LogP contribution in [0.5, 0.6) is 0 Å². The fraction of sp³-hybridized carbons (Fsp3) is 0.240. The van der Waals surface area contributed by atoms with Crippen LogP contribution in [0.25, 0.3) is 0 Å². The van der Waals surface area contributed by atoms with Gasteiger partial charge in [-0.3, -0.25) is 4.79 Å². The number of carbonyl (C=O) groups is 3. The second kappa shape index (κ2) is 11.2. The van der Waals surface area contributed by atoms with Crippen molar-refractivity contribution in [2.24, 2.45) is 0 Å². The van der Waals surface area contributed by atoms with Crippen molar-refractivity contribution in [3.8, 4) is 0 Å². The van der Waals surface area contributed by atoms with E-state index in [1.807, 2.05) is 0 Å². The molecule has 2 rings (SSSR count). The number of rotatable bonds is 12. The van der Waals surface area contributed by atoms with E-state index in [9.17, 15) is 24.6 Å². The minimum atomic E-state index is -2.02. The van der Waals surface area contributed by atoms with Crippen molar-refractivity contribution in [3.63, 3.8) is 0 Å². The normalized spacial score (nSPS) is 14.3. The number of Topliss-reactive ketones (excluding diaryl/α,β-unsaturated/α-hetero) is 1. The third kappa shape index (κ3) is 6.73. The molecular formula is C25H26O7. The summed E-state index contributed by atoms with van der Waals surface area (Å²) >= 11 is 0. The van der Waals surface area contributed by atoms with Crippen LogP contribution in [-0.2, 0) is 35.4 Å². The first-order valence-corrected chi connectivity index (χ1v) is 10.0. The summed E-state index contributed by atoms with van der Waals surface area (Å²) < 4.78 is 10.2. The highest BCUT2D eigenvalue weighted by atomic mass is 16.7. The summed E-state index contributed by atoms with van der Waals surface area (Å²) in [6.45, 7) is 6.64. The third-order valence-corrected chi connectivity index (χ3v) is 4.81. The van der Waals surface area contributed by atoms with E-state index < -0.39 is 23.5 Å². The first kappa shape index (κ1) is 24.7. The lowest BCUT2D eigenvalue weighted by Crippen LogP contribution is -2.34. The molecule has 2 unspecified atom stereocenters. The van der Waals surface area contributed by atoms with E-state index in [-0.39, 0.29) is 31.5 Å². The molecule has 2 aromatic rings. The Hall–Kier alpha value is -3.55. The van der Waals surface area contributed by atoms with E-state index in [0.717, 1.165) is 12.2 Å². The zero-order valence-corrected chi connectivity index (χ0v) is 17.6. The highest BCUT2D eigenvalue weighted by molar-refractivity contribution is 5.82. The zero-order chi connectivity index (χ0) is 23.6. The van der Waals surface area contributed by atoms with Crippen LogP contribution in [0.2, 0.25) is 0 Å². The fourth-order valence-corrected chi connectivity index (χ4v) is 3.06. The second-order valence-electron chi connectivity index (χ2n) is 7.09. The predicted molar refractivity (Wildman–Crippen MR) is 117 cm³/mol. The van der Waals surface area contributed by atoms with Crippen molar-refractivity contribution in [1.82, 2.24) is 0 Å². The number of hydrogen-bond donors (Lipinski definition) is 2. The Labute approximate surface area is 186 Å². The van der Waals surface area contributed by atoms with Crippen molar-refractivity contribution in [1.29, 1.82) is 0 Å². The molecule has 7 heteroatoms. The number of ether oxygens (including phenoxy) is 2. The lowest BCUT2D eigenvalue weighted by atomic mass is 9.95. The highest BCUT2D eigenvalue weighted by Gasteiger charge is 2.36. The van der Waals surface area contributed by atoms with Gasteiger partial charge >= 0.3 is 11.9 Å². The molecule has 0 heterocycles. The van der Waals surface area contributed by atoms with E-state index >= 15 is 0 Å². The minimum Gasteiger partial charge on any atom is -0.426 e. The van der Waals surface area contributed by atoms with Gasteiger partial charge in [0.1, 0.15) is 5.78 Å². The Balaban J connectivity index is 2.10. The molecule has 7 nitrogen and oxygen atoms in total. The van der Waals surface area contributed by atoms with Gasteiger partial charge in [0, 0.05) is 49.0 Å². The molecule has 0 aliphatic rings. The number of aliphatic hydroxyl groups is 2. The molecular weight excluding hydrogens is 412 g/mol. The van der Waals surface area contributed by atoms with Gasteiger partial charge in [-0.1, -0.05) is 73.8 Å². The van der Waals surface area contributed by atoms with Crippen LogP contribution in [-0.4, -0.2) is 27.9 Å². The number of hydrogen-bond acceptors (Lipinski definition) is 7. The van der Waals surface area contributed by atoms with E-state index in [0.29, 0.717) is 11.1 Å². The van der Waals surface area contributed by atoms with Crippen LogP contribution < -0.4 is 0 Å². The van der Waals surface area contributed by atoms with Gasteiger partial charge in [-0.15, -0.1) is 0 Å². The summed E-state index contributed by atoms with van der Waals surface area (Å²) in [5.74, 6) is -6.05. The van der Waals surface area contributed by atoms with Crippen LogP contribution in [0.4, 0.5) is 0 Å².